The van der Waals surface area contributed by atoms with Crippen LogP contribution in [0, 0.1) is 0 Å². The average Bonchev–Trinajstić information content (AvgIpc) is 3.14. The first-order chi connectivity index (χ1) is 13.1. The van der Waals surface area contributed by atoms with Crippen molar-refractivity contribution in [3.8, 4) is 17.1 Å². The number of aromatic amines is 1. The number of carbonyl (C=O) groups excluding carboxylic acids is 2. The van der Waals surface area contributed by atoms with Crippen molar-refractivity contribution in [1.82, 2.24) is 19.8 Å². The van der Waals surface area contributed by atoms with Gasteiger partial charge in [-0.05, 0) is 12.1 Å². The number of benzene rings is 1. The average molecular weight is 404 g/mol. The zero-order chi connectivity index (χ0) is 20.6. The van der Waals surface area contributed by atoms with E-state index in [1.165, 1.54) is 11.6 Å². The number of H-pyrrole nitrogens is 1. The lowest BCUT2D eigenvalue weighted by Gasteiger charge is -2.16. The van der Waals surface area contributed by atoms with Crippen molar-refractivity contribution in [2.45, 2.75) is 46.5 Å². The number of carbonyl (C=O) groups is 2. The summed E-state index contributed by atoms with van der Waals surface area (Å²) in [5, 5.41) is 10.8. The minimum Gasteiger partial charge on any atom is -0.426 e. The molecule has 2 aromatic heterocycles. The van der Waals surface area contributed by atoms with E-state index in [1.54, 1.807) is 25.1 Å². The van der Waals surface area contributed by atoms with Gasteiger partial charge in [-0.3, -0.25) is 14.7 Å². The van der Waals surface area contributed by atoms with E-state index in [0.717, 1.165) is 5.69 Å². The molecule has 28 heavy (non-hydrogen) atoms. The number of hydrogen-bond acceptors (Lipinski definition) is 5. The Bertz CT molecular complexity index is 1060. The fourth-order valence-electron chi connectivity index (χ4n) is 2.68. The third-order valence-corrected chi connectivity index (χ3v) is 4.43. The minimum atomic E-state index is -0.488. The molecule has 0 saturated carbocycles. The summed E-state index contributed by atoms with van der Waals surface area (Å²) in [4.78, 5) is 27.7. The van der Waals surface area contributed by atoms with Crippen LogP contribution in [0.1, 0.15) is 46.7 Å². The molecular weight excluding hydrogens is 382 g/mol. The van der Waals surface area contributed by atoms with Crippen LogP contribution in [0.15, 0.2) is 18.2 Å². The number of halogens is 1. The SMILES string of the molecule is CCC(=O)Nc1ccc(-c2nc3c(Cl)c(C(C)(C)C)[nH]n3n2)c(OC(C)=O)c1. The van der Waals surface area contributed by atoms with Crippen molar-refractivity contribution in [3.05, 3.63) is 28.9 Å². The molecule has 1 aromatic carbocycles. The van der Waals surface area contributed by atoms with E-state index >= 15 is 0 Å². The van der Waals surface area contributed by atoms with E-state index in [4.69, 9.17) is 16.3 Å². The summed E-state index contributed by atoms with van der Waals surface area (Å²) in [6.07, 6.45) is 0.340. The molecule has 9 heteroatoms. The van der Waals surface area contributed by atoms with Crippen molar-refractivity contribution >= 4 is 34.8 Å². The van der Waals surface area contributed by atoms with Crippen LogP contribution < -0.4 is 10.1 Å². The van der Waals surface area contributed by atoms with Gasteiger partial charge in [0, 0.05) is 30.5 Å². The first-order valence-electron chi connectivity index (χ1n) is 8.87. The van der Waals surface area contributed by atoms with Crippen LogP contribution in [0.3, 0.4) is 0 Å². The van der Waals surface area contributed by atoms with Crippen molar-refractivity contribution in [1.29, 1.82) is 0 Å². The van der Waals surface area contributed by atoms with Gasteiger partial charge >= 0.3 is 5.97 Å². The highest BCUT2D eigenvalue weighted by Gasteiger charge is 2.25. The molecule has 3 rings (SSSR count). The monoisotopic (exact) mass is 403 g/mol. The zero-order valence-corrected chi connectivity index (χ0v) is 17.1. The molecular formula is C19H22ClN5O3. The predicted octanol–water partition coefficient (Wildman–Crippen LogP) is 3.95. The maximum absolute atomic E-state index is 11.6. The van der Waals surface area contributed by atoms with E-state index in [9.17, 15) is 9.59 Å². The van der Waals surface area contributed by atoms with Crippen LogP contribution in [0.5, 0.6) is 5.75 Å². The molecule has 0 bridgehead atoms. The smallest absolute Gasteiger partial charge is 0.308 e. The first kappa shape index (κ1) is 19.9. The standard InChI is InChI=1S/C19H22ClN5O3/c1-6-14(27)21-11-7-8-12(13(9-11)28-10(2)26)17-22-18-15(20)16(19(3,4)5)23-25(18)24-17/h7-9,23H,6H2,1-5H3,(H,21,27). The molecule has 0 radical (unpaired) electrons. The van der Waals surface area contributed by atoms with Crippen molar-refractivity contribution in [2.24, 2.45) is 0 Å². The van der Waals surface area contributed by atoms with E-state index in [0.29, 0.717) is 34.2 Å². The van der Waals surface area contributed by atoms with E-state index < -0.39 is 5.97 Å². The highest BCUT2D eigenvalue weighted by molar-refractivity contribution is 6.34. The Labute approximate surface area is 167 Å². The van der Waals surface area contributed by atoms with Crippen LogP contribution in [0.25, 0.3) is 17.0 Å². The maximum atomic E-state index is 11.6. The summed E-state index contributed by atoms with van der Waals surface area (Å²) >= 11 is 6.48. The Morgan fingerprint density at radius 2 is 2.04 bits per heavy atom. The summed E-state index contributed by atoms with van der Waals surface area (Å²) in [6.45, 7) is 9.16. The van der Waals surface area contributed by atoms with Crippen LogP contribution in [-0.2, 0) is 15.0 Å². The van der Waals surface area contributed by atoms with Crippen molar-refractivity contribution in [2.75, 3.05) is 5.32 Å². The van der Waals surface area contributed by atoms with Crippen LogP contribution in [0.2, 0.25) is 5.02 Å². The largest absolute Gasteiger partial charge is 0.426 e. The predicted molar refractivity (Wildman–Crippen MR) is 107 cm³/mol. The molecule has 2 N–H and O–H groups in total. The molecule has 1 amide bonds. The Morgan fingerprint density at radius 3 is 2.61 bits per heavy atom. The Kier molecular flexibility index (Phi) is 5.16. The second kappa shape index (κ2) is 7.27. The van der Waals surface area contributed by atoms with Gasteiger partial charge in [0.25, 0.3) is 0 Å². The van der Waals surface area contributed by atoms with Gasteiger partial charge in [0.2, 0.25) is 5.91 Å². The fraction of sp³-hybridized carbons (Fsp3) is 0.368. The lowest BCUT2D eigenvalue weighted by atomic mass is 9.92. The van der Waals surface area contributed by atoms with E-state index in [-0.39, 0.29) is 17.1 Å². The maximum Gasteiger partial charge on any atom is 0.308 e. The van der Waals surface area contributed by atoms with E-state index in [1.807, 2.05) is 20.8 Å². The number of ether oxygens (including phenoxy) is 1. The van der Waals surface area contributed by atoms with Crippen LogP contribution in [-0.4, -0.2) is 31.7 Å². The quantitative estimate of drug-likeness (QED) is 0.507. The van der Waals surface area contributed by atoms with Gasteiger partial charge < -0.3 is 10.1 Å². The summed E-state index contributed by atoms with van der Waals surface area (Å²) in [7, 11) is 0. The number of hydrogen-bond donors (Lipinski definition) is 2. The van der Waals surface area contributed by atoms with E-state index in [2.05, 4.69) is 20.5 Å². The lowest BCUT2D eigenvalue weighted by Crippen LogP contribution is -2.13. The molecule has 0 atom stereocenters. The summed E-state index contributed by atoms with van der Waals surface area (Å²) in [6, 6.07) is 4.96. The molecule has 2 heterocycles. The van der Waals surface area contributed by atoms with Gasteiger partial charge in [-0.15, -0.1) is 5.10 Å². The zero-order valence-electron chi connectivity index (χ0n) is 16.4. The first-order valence-corrected chi connectivity index (χ1v) is 9.25. The lowest BCUT2D eigenvalue weighted by molar-refractivity contribution is -0.131. The molecule has 148 valence electrons. The number of anilines is 1. The number of nitrogens with zero attached hydrogens (tertiary/aromatic N) is 3. The number of nitrogens with one attached hydrogen (secondary N) is 2. The van der Waals surface area contributed by atoms with Crippen LogP contribution >= 0.6 is 11.6 Å². The highest BCUT2D eigenvalue weighted by atomic mass is 35.5. The summed E-state index contributed by atoms with van der Waals surface area (Å²) < 4.78 is 6.82. The van der Waals surface area contributed by atoms with Gasteiger partial charge in [0.1, 0.15) is 10.8 Å². The second-order valence-corrected chi connectivity index (χ2v) is 7.81. The van der Waals surface area contributed by atoms with Crippen molar-refractivity contribution in [3.63, 3.8) is 0 Å². The normalized spacial score (nSPS) is 11.6. The Hall–Kier alpha value is -2.87. The molecule has 0 aliphatic rings. The van der Waals surface area contributed by atoms with Gasteiger partial charge in [-0.2, -0.15) is 4.63 Å². The number of esters is 1. The van der Waals surface area contributed by atoms with Gasteiger partial charge in [-0.25, -0.2) is 4.98 Å². The second-order valence-electron chi connectivity index (χ2n) is 7.43. The van der Waals surface area contributed by atoms with Crippen molar-refractivity contribution < 1.29 is 14.3 Å². The van der Waals surface area contributed by atoms with Gasteiger partial charge in [0.05, 0.1) is 11.3 Å². The molecule has 0 unspecified atom stereocenters. The number of fused-ring (bicyclic) bond motifs is 1. The third-order valence-electron chi connectivity index (χ3n) is 4.07. The molecule has 0 saturated heterocycles. The van der Waals surface area contributed by atoms with Gasteiger partial charge in [0.15, 0.2) is 11.5 Å². The molecule has 0 aliphatic carbocycles. The molecule has 8 nitrogen and oxygen atoms in total. The topological polar surface area (TPSA) is 101 Å². The minimum absolute atomic E-state index is 0.142. The highest BCUT2D eigenvalue weighted by Crippen LogP contribution is 2.35. The summed E-state index contributed by atoms with van der Waals surface area (Å²) in [5.41, 5.74) is 2.15. The summed E-state index contributed by atoms with van der Waals surface area (Å²) in [5.74, 6) is -0.0328. The molecule has 3 aromatic rings. The number of aromatic nitrogens is 4. The molecule has 0 fully saturated rings. The Balaban J connectivity index is 2.06. The number of amides is 1. The third kappa shape index (κ3) is 3.87. The van der Waals surface area contributed by atoms with Crippen LogP contribution in [0.4, 0.5) is 5.69 Å². The fourth-order valence-corrected chi connectivity index (χ4v) is 3.13. The molecule has 0 spiro atoms. The Morgan fingerprint density at radius 1 is 1.32 bits per heavy atom. The molecule has 0 aliphatic heterocycles. The van der Waals surface area contributed by atoms with Gasteiger partial charge in [-0.1, -0.05) is 39.3 Å². The number of rotatable bonds is 4.